The zero-order valence-electron chi connectivity index (χ0n) is 10.4. The molecule has 1 aliphatic heterocycles. The fourth-order valence-corrected chi connectivity index (χ4v) is 2.28. The van der Waals surface area contributed by atoms with Gasteiger partial charge in [-0.2, -0.15) is 0 Å². The predicted octanol–water partition coefficient (Wildman–Crippen LogP) is 3.54. The Kier molecular flexibility index (Phi) is 5.31. The highest BCUT2D eigenvalue weighted by Gasteiger charge is 2.15. The van der Waals surface area contributed by atoms with Crippen LogP contribution >= 0.6 is 23.2 Å². The quantitative estimate of drug-likeness (QED) is 0.897. The van der Waals surface area contributed by atoms with Crippen LogP contribution in [0.4, 0.5) is 10.5 Å². The van der Waals surface area contributed by atoms with Gasteiger partial charge in [0.1, 0.15) is 0 Å². The molecule has 0 aliphatic carbocycles. The van der Waals surface area contributed by atoms with Crippen LogP contribution in [-0.4, -0.2) is 25.8 Å². The van der Waals surface area contributed by atoms with E-state index >= 15 is 0 Å². The summed E-state index contributed by atoms with van der Waals surface area (Å²) in [5.74, 6) is 0.481. The van der Waals surface area contributed by atoms with Crippen molar-refractivity contribution in [2.24, 2.45) is 5.92 Å². The van der Waals surface area contributed by atoms with Crippen molar-refractivity contribution in [1.29, 1.82) is 0 Å². The van der Waals surface area contributed by atoms with Gasteiger partial charge in [-0.3, -0.25) is 0 Å². The van der Waals surface area contributed by atoms with Crippen LogP contribution in [0.15, 0.2) is 18.2 Å². The van der Waals surface area contributed by atoms with Crippen molar-refractivity contribution >= 4 is 34.9 Å². The van der Waals surface area contributed by atoms with Crippen LogP contribution in [0.25, 0.3) is 0 Å². The minimum absolute atomic E-state index is 0.268. The molecule has 0 unspecified atom stereocenters. The number of rotatable bonds is 3. The molecule has 2 rings (SSSR count). The number of amides is 2. The number of hydrogen-bond acceptors (Lipinski definition) is 2. The lowest BCUT2D eigenvalue weighted by Crippen LogP contribution is -2.35. The van der Waals surface area contributed by atoms with E-state index in [9.17, 15) is 4.79 Å². The molecule has 1 aromatic carbocycles. The van der Waals surface area contributed by atoms with Gasteiger partial charge in [0.15, 0.2) is 0 Å². The van der Waals surface area contributed by atoms with Crippen molar-refractivity contribution in [1.82, 2.24) is 5.32 Å². The maximum atomic E-state index is 11.8. The number of hydrogen-bond donors (Lipinski definition) is 2. The third-order valence-corrected chi connectivity index (χ3v) is 3.63. The van der Waals surface area contributed by atoms with E-state index in [1.54, 1.807) is 18.2 Å². The molecular weight excluding hydrogens is 287 g/mol. The monoisotopic (exact) mass is 302 g/mol. The predicted molar refractivity (Wildman–Crippen MR) is 77.0 cm³/mol. The topological polar surface area (TPSA) is 50.4 Å². The van der Waals surface area contributed by atoms with Gasteiger partial charge in [-0.15, -0.1) is 0 Å². The summed E-state index contributed by atoms with van der Waals surface area (Å²) in [7, 11) is 0. The summed E-state index contributed by atoms with van der Waals surface area (Å²) in [6.07, 6.45) is 1.97. The Morgan fingerprint density at radius 2 is 2.05 bits per heavy atom. The Labute approximate surface area is 122 Å². The Hall–Kier alpha value is -0.970. The van der Waals surface area contributed by atoms with Crippen LogP contribution in [-0.2, 0) is 4.74 Å². The van der Waals surface area contributed by atoms with Crippen molar-refractivity contribution in [2.45, 2.75) is 12.8 Å². The molecule has 2 amide bonds. The number of halogens is 2. The molecular formula is C13H16Cl2N2O2. The van der Waals surface area contributed by atoms with E-state index in [4.69, 9.17) is 27.9 Å². The van der Waals surface area contributed by atoms with Crippen molar-refractivity contribution in [3.63, 3.8) is 0 Å². The first-order valence-corrected chi connectivity index (χ1v) is 6.98. The Bertz CT molecular complexity index is 448. The number of nitrogens with one attached hydrogen (secondary N) is 2. The second-order valence-electron chi connectivity index (χ2n) is 4.51. The van der Waals surface area contributed by atoms with E-state index < -0.39 is 0 Å². The number of carbonyl (C=O) groups excluding carboxylic acids is 1. The number of benzene rings is 1. The van der Waals surface area contributed by atoms with Gasteiger partial charge in [0.05, 0.1) is 10.7 Å². The average Bonchev–Trinajstić information content (AvgIpc) is 2.42. The van der Waals surface area contributed by atoms with Gasteiger partial charge in [-0.25, -0.2) is 4.79 Å². The van der Waals surface area contributed by atoms with Crippen LogP contribution in [0.2, 0.25) is 10.0 Å². The van der Waals surface area contributed by atoms with E-state index in [1.807, 2.05) is 0 Å². The normalized spacial score (nSPS) is 16.1. The number of anilines is 1. The highest BCUT2D eigenvalue weighted by atomic mass is 35.5. The maximum absolute atomic E-state index is 11.8. The highest BCUT2D eigenvalue weighted by Crippen LogP contribution is 2.25. The molecule has 0 spiro atoms. The summed E-state index contributed by atoms with van der Waals surface area (Å²) in [6, 6.07) is 4.68. The second-order valence-corrected chi connectivity index (χ2v) is 5.36. The lowest BCUT2D eigenvalue weighted by Gasteiger charge is -2.22. The smallest absolute Gasteiger partial charge is 0.319 e. The van der Waals surface area contributed by atoms with E-state index in [2.05, 4.69) is 10.6 Å². The summed E-state index contributed by atoms with van der Waals surface area (Å²) in [5.41, 5.74) is 0.513. The minimum Gasteiger partial charge on any atom is -0.381 e. The van der Waals surface area contributed by atoms with Gasteiger partial charge >= 0.3 is 6.03 Å². The molecule has 0 aromatic heterocycles. The maximum Gasteiger partial charge on any atom is 0.319 e. The van der Waals surface area contributed by atoms with E-state index in [0.29, 0.717) is 28.2 Å². The summed E-state index contributed by atoms with van der Waals surface area (Å²) >= 11 is 11.8. The van der Waals surface area contributed by atoms with E-state index in [0.717, 1.165) is 26.1 Å². The van der Waals surface area contributed by atoms with Gasteiger partial charge in [0, 0.05) is 24.8 Å². The minimum atomic E-state index is -0.268. The van der Waals surface area contributed by atoms with Gasteiger partial charge in [0.25, 0.3) is 0 Å². The van der Waals surface area contributed by atoms with Gasteiger partial charge in [-0.05, 0) is 37.0 Å². The number of urea groups is 1. The summed E-state index contributed by atoms with van der Waals surface area (Å²) < 4.78 is 5.27. The lowest BCUT2D eigenvalue weighted by atomic mass is 10.0. The van der Waals surface area contributed by atoms with Crippen LogP contribution in [0, 0.1) is 5.92 Å². The molecule has 19 heavy (non-hydrogen) atoms. The Balaban J connectivity index is 1.81. The molecule has 1 heterocycles. The van der Waals surface area contributed by atoms with E-state index in [1.165, 1.54) is 0 Å². The lowest BCUT2D eigenvalue weighted by molar-refractivity contribution is 0.0671. The zero-order chi connectivity index (χ0) is 13.7. The van der Waals surface area contributed by atoms with Crippen LogP contribution in [0.1, 0.15) is 12.8 Å². The third kappa shape index (κ3) is 4.56. The number of ether oxygens (including phenoxy) is 1. The summed E-state index contributed by atoms with van der Waals surface area (Å²) in [6.45, 7) is 2.19. The molecule has 6 heteroatoms. The van der Waals surface area contributed by atoms with Crippen LogP contribution in [0.3, 0.4) is 0 Å². The molecule has 4 nitrogen and oxygen atoms in total. The first kappa shape index (κ1) is 14.4. The fourth-order valence-electron chi connectivity index (χ4n) is 1.95. The molecule has 0 bridgehead atoms. The summed E-state index contributed by atoms with van der Waals surface area (Å²) in [5, 5.41) is 6.53. The molecule has 1 fully saturated rings. The molecule has 0 radical (unpaired) electrons. The molecule has 104 valence electrons. The molecule has 1 aliphatic rings. The van der Waals surface area contributed by atoms with Crippen molar-refractivity contribution in [2.75, 3.05) is 25.1 Å². The van der Waals surface area contributed by atoms with Crippen molar-refractivity contribution in [3.8, 4) is 0 Å². The first-order valence-electron chi connectivity index (χ1n) is 6.23. The Morgan fingerprint density at radius 1 is 1.32 bits per heavy atom. The highest BCUT2D eigenvalue weighted by molar-refractivity contribution is 6.35. The van der Waals surface area contributed by atoms with Crippen LogP contribution in [0.5, 0.6) is 0 Å². The van der Waals surface area contributed by atoms with Crippen LogP contribution < -0.4 is 10.6 Å². The Morgan fingerprint density at radius 3 is 2.79 bits per heavy atom. The summed E-state index contributed by atoms with van der Waals surface area (Å²) in [4.78, 5) is 11.8. The second kappa shape index (κ2) is 6.98. The zero-order valence-corrected chi connectivity index (χ0v) is 11.9. The third-order valence-electron chi connectivity index (χ3n) is 3.07. The number of carbonyl (C=O) groups is 1. The average molecular weight is 303 g/mol. The molecule has 2 N–H and O–H groups in total. The van der Waals surface area contributed by atoms with E-state index in [-0.39, 0.29) is 6.03 Å². The van der Waals surface area contributed by atoms with Crippen molar-refractivity contribution < 1.29 is 9.53 Å². The molecule has 0 saturated carbocycles. The fraction of sp³-hybridized carbons (Fsp3) is 0.462. The van der Waals surface area contributed by atoms with Crippen molar-refractivity contribution in [3.05, 3.63) is 28.2 Å². The molecule has 0 atom stereocenters. The standard InChI is InChI=1S/C13H16Cl2N2O2/c14-10-1-2-11(15)12(7-10)17-13(18)16-8-9-3-5-19-6-4-9/h1-2,7,9H,3-6,8H2,(H2,16,17,18). The van der Waals surface area contributed by atoms with Gasteiger partial charge < -0.3 is 15.4 Å². The largest absolute Gasteiger partial charge is 0.381 e. The van der Waals surface area contributed by atoms with Gasteiger partial charge in [0.2, 0.25) is 0 Å². The van der Waals surface area contributed by atoms with Gasteiger partial charge in [-0.1, -0.05) is 23.2 Å². The SMILES string of the molecule is O=C(NCC1CCOCC1)Nc1cc(Cl)ccc1Cl. The molecule has 1 saturated heterocycles. The first-order chi connectivity index (χ1) is 9.15. The molecule has 1 aromatic rings.